The number of rotatable bonds is 5. The highest BCUT2D eigenvalue weighted by atomic mass is 15.2. The van der Waals surface area contributed by atoms with Gasteiger partial charge in [0.1, 0.15) is 5.82 Å². The third-order valence-electron chi connectivity index (χ3n) is 2.34. The Morgan fingerprint density at radius 2 is 2.20 bits per heavy atom. The number of nitrogens with two attached hydrogens (primary N) is 1. The van der Waals surface area contributed by atoms with Crippen LogP contribution < -0.4 is 10.6 Å². The van der Waals surface area contributed by atoms with E-state index in [9.17, 15) is 0 Å². The molecule has 2 N–H and O–H groups in total. The first kappa shape index (κ1) is 12.0. The SMILES string of the molecule is CCN(CC(C)C)c1cc(CN)ccn1. The van der Waals surface area contributed by atoms with Crippen molar-refractivity contribution >= 4 is 5.82 Å². The zero-order valence-corrected chi connectivity index (χ0v) is 9.90. The van der Waals surface area contributed by atoms with Crippen LogP contribution in [0, 0.1) is 5.92 Å². The van der Waals surface area contributed by atoms with Crippen molar-refractivity contribution < 1.29 is 0 Å². The number of hydrogen-bond acceptors (Lipinski definition) is 3. The summed E-state index contributed by atoms with van der Waals surface area (Å²) < 4.78 is 0. The molecule has 0 spiro atoms. The third-order valence-corrected chi connectivity index (χ3v) is 2.34. The Morgan fingerprint density at radius 1 is 1.47 bits per heavy atom. The Bertz CT molecular complexity index is 297. The molecule has 3 heteroatoms. The Labute approximate surface area is 92.3 Å². The van der Waals surface area contributed by atoms with E-state index in [1.54, 1.807) is 0 Å². The van der Waals surface area contributed by atoms with Crippen LogP contribution in [0.25, 0.3) is 0 Å². The van der Waals surface area contributed by atoms with Gasteiger partial charge in [-0.05, 0) is 30.5 Å². The number of pyridine rings is 1. The van der Waals surface area contributed by atoms with Crippen LogP contribution in [0.1, 0.15) is 26.3 Å². The molecule has 84 valence electrons. The van der Waals surface area contributed by atoms with Crippen molar-refractivity contribution in [3.05, 3.63) is 23.9 Å². The molecule has 0 aromatic carbocycles. The van der Waals surface area contributed by atoms with Crippen molar-refractivity contribution in [3.8, 4) is 0 Å². The second-order valence-electron chi connectivity index (χ2n) is 4.16. The molecular weight excluding hydrogens is 186 g/mol. The fourth-order valence-corrected chi connectivity index (χ4v) is 1.59. The minimum absolute atomic E-state index is 0.578. The molecule has 0 fully saturated rings. The maximum atomic E-state index is 5.62. The first-order chi connectivity index (χ1) is 7.17. The molecule has 0 bridgehead atoms. The highest BCUT2D eigenvalue weighted by Crippen LogP contribution is 2.13. The number of nitrogens with zero attached hydrogens (tertiary/aromatic N) is 2. The van der Waals surface area contributed by atoms with Crippen molar-refractivity contribution in [1.82, 2.24) is 4.98 Å². The summed E-state index contributed by atoms with van der Waals surface area (Å²) in [6.45, 7) is 9.19. The summed E-state index contributed by atoms with van der Waals surface area (Å²) >= 11 is 0. The van der Waals surface area contributed by atoms with E-state index in [2.05, 4.69) is 36.7 Å². The predicted octanol–water partition coefficient (Wildman–Crippen LogP) is 2.02. The van der Waals surface area contributed by atoms with Crippen LogP contribution >= 0.6 is 0 Å². The van der Waals surface area contributed by atoms with Crippen LogP contribution in [0.15, 0.2) is 18.3 Å². The molecule has 0 saturated carbocycles. The second kappa shape index (κ2) is 5.71. The van der Waals surface area contributed by atoms with E-state index in [4.69, 9.17) is 5.73 Å². The molecule has 1 aromatic rings. The quantitative estimate of drug-likeness (QED) is 0.803. The van der Waals surface area contributed by atoms with Gasteiger partial charge in [0.25, 0.3) is 0 Å². The van der Waals surface area contributed by atoms with E-state index in [-0.39, 0.29) is 0 Å². The Hall–Kier alpha value is -1.09. The average Bonchev–Trinajstić information content (AvgIpc) is 2.25. The Morgan fingerprint density at radius 3 is 2.73 bits per heavy atom. The van der Waals surface area contributed by atoms with E-state index >= 15 is 0 Å². The van der Waals surface area contributed by atoms with Crippen LogP contribution in [0.5, 0.6) is 0 Å². The predicted molar refractivity (Wildman–Crippen MR) is 64.9 cm³/mol. The molecule has 1 aromatic heterocycles. The van der Waals surface area contributed by atoms with Gasteiger partial charge in [-0.2, -0.15) is 0 Å². The van der Waals surface area contributed by atoms with Crippen LogP contribution in [-0.4, -0.2) is 18.1 Å². The first-order valence-electron chi connectivity index (χ1n) is 5.57. The molecule has 3 nitrogen and oxygen atoms in total. The Kier molecular flexibility index (Phi) is 4.56. The topological polar surface area (TPSA) is 42.1 Å². The molecule has 0 atom stereocenters. The summed E-state index contributed by atoms with van der Waals surface area (Å²) in [4.78, 5) is 6.66. The second-order valence-corrected chi connectivity index (χ2v) is 4.16. The lowest BCUT2D eigenvalue weighted by atomic mass is 10.2. The molecular formula is C12H21N3. The lowest BCUT2D eigenvalue weighted by Crippen LogP contribution is -2.28. The maximum Gasteiger partial charge on any atom is 0.128 e. The molecule has 0 aliphatic carbocycles. The normalized spacial score (nSPS) is 10.7. The van der Waals surface area contributed by atoms with E-state index in [1.807, 2.05) is 12.3 Å². The molecule has 0 saturated heterocycles. The average molecular weight is 207 g/mol. The molecule has 0 radical (unpaired) electrons. The van der Waals surface area contributed by atoms with Crippen LogP contribution in [0.4, 0.5) is 5.82 Å². The van der Waals surface area contributed by atoms with Crippen molar-refractivity contribution in [1.29, 1.82) is 0 Å². The molecule has 1 rings (SSSR count). The Balaban J connectivity index is 2.81. The summed E-state index contributed by atoms with van der Waals surface area (Å²) in [5.41, 5.74) is 6.76. The van der Waals surface area contributed by atoms with E-state index in [0.29, 0.717) is 12.5 Å². The van der Waals surface area contributed by atoms with Crippen molar-refractivity contribution in [2.45, 2.75) is 27.3 Å². The standard InChI is InChI=1S/C12H21N3/c1-4-15(9-10(2)3)12-7-11(8-13)5-6-14-12/h5-7,10H,4,8-9,13H2,1-3H3. The number of anilines is 1. The zero-order valence-electron chi connectivity index (χ0n) is 9.90. The molecule has 0 aliphatic heterocycles. The summed E-state index contributed by atoms with van der Waals surface area (Å²) in [6.07, 6.45) is 1.83. The van der Waals surface area contributed by atoms with Crippen LogP contribution in [-0.2, 0) is 6.54 Å². The summed E-state index contributed by atoms with van der Waals surface area (Å²) in [7, 11) is 0. The van der Waals surface area contributed by atoms with Gasteiger partial charge >= 0.3 is 0 Å². The lowest BCUT2D eigenvalue weighted by molar-refractivity contribution is 0.614. The van der Waals surface area contributed by atoms with Gasteiger partial charge < -0.3 is 10.6 Å². The van der Waals surface area contributed by atoms with E-state index in [1.165, 1.54) is 0 Å². The fraction of sp³-hybridized carbons (Fsp3) is 0.583. The third kappa shape index (κ3) is 3.51. The molecule has 15 heavy (non-hydrogen) atoms. The van der Waals surface area contributed by atoms with E-state index < -0.39 is 0 Å². The molecule has 0 unspecified atom stereocenters. The summed E-state index contributed by atoms with van der Waals surface area (Å²) in [5.74, 6) is 1.68. The fourth-order valence-electron chi connectivity index (χ4n) is 1.59. The van der Waals surface area contributed by atoms with Gasteiger partial charge in [-0.3, -0.25) is 0 Å². The van der Waals surface area contributed by atoms with Crippen molar-refractivity contribution in [2.24, 2.45) is 11.7 Å². The first-order valence-corrected chi connectivity index (χ1v) is 5.57. The highest BCUT2D eigenvalue weighted by Gasteiger charge is 2.07. The molecule has 1 heterocycles. The summed E-state index contributed by atoms with van der Waals surface area (Å²) in [5, 5.41) is 0. The molecule has 0 aliphatic rings. The van der Waals surface area contributed by atoms with Crippen molar-refractivity contribution in [3.63, 3.8) is 0 Å². The monoisotopic (exact) mass is 207 g/mol. The van der Waals surface area contributed by atoms with Crippen molar-refractivity contribution in [2.75, 3.05) is 18.0 Å². The van der Waals surface area contributed by atoms with Gasteiger partial charge in [0.15, 0.2) is 0 Å². The zero-order chi connectivity index (χ0) is 11.3. The van der Waals surface area contributed by atoms with Gasteiger partial charge in [0.2, 0.25) is 0 Å². The van der Waals surface area contributed by atoms with Gasteiger partial charge in [0, 0.05) is 25.8 Å². The van der Waals surface area contributed by atoms with Gasteiger partial charge in [0.05, 0.1) is 0 Å². The summed E-state index contributed by atoms with van der Waals surface area (Å²) in [6, 6.07) is 4.04. The van der Waals surface area contributed by atoms with Crippen LogP contribution in [0.2, 0.25) is 0 Å². The highest BCUT2D eigenvalue weighted by molar-refractivity contribution is 5.40. The van der Waals surface area contributed by atoms with Gasteiger partial charge in [-0.15, -0.1) is 0 Å². The van der Waals surface area contributed by atoms with E-state index in [0.717, 1.165) is 24.5 Å². The van der Waals surface area contributed by atoms with Gasteiger partial charge in [-0.25, -0.2) is 4.98 Å². The maximum absolute atomic E-state index is 5.62. The largest absolute Gasteiger partial charge is 0.357 e. The number of aromatic nitrogens is 1. The number of hydrogen-bond donors (Lipinski definition) is 1. The lowest BCUT2D eigenvalue weighted by Gasteiger charge is -2.24. The molecule has 0 amide bonds. The smallest absolute Gasteiger partial charge is 0.128 e. The van der Waals surface area contributed by atoms with Gasteiger partial charge in [-0.1, -0.05) is 13.8 Å². The van der Waals surface area contributed by atoms with Crippen LogP contribution in [0.3, 0.4) is 0 Å². The minimum Gasteiger partial charge on any atom is -0.357 e. The minimum atomic E-state index is 0.578.